The maximum atomic E-state index is 13.2. The van der Waals surface area contributed by atoms with Crippen LogP contribution in [0.4, 0.5) is 4.79 Å². The SMILES string of the molecule is CC(C)(C)OC(=O)N[C@H](Cc1ccccc1)C(=O)N=C(N)c1cccc(C[C@H](NCc2ccc(C(=N)N)cc2)C(=O)O)c1. The van der Waals surface area contributed by atoms with Crippen molar-refractivity contribution in [2.75, 3.05) is 0 Å². The number of ether oxygens (including phenoxy) is 1. The van der Waals surface area contributed by atoms with E-state index < -0.39 is 35.7 Å². The molecule has 11 nitrogen and oxygen atoms in total. The summed E-state index contributed by atoms with van der Waals surface area (Å²) < 4.78 is 5.33. The molecule has 11 heteroatoms. The van der Waals surface area contributed by atoms with Gasteiger partial charge in [-0.3, -0.25) is 15.0 Å². The monoisotopic (exact) mass is 586 g/mol. The van der Waals surface area contributed by atoms with Crippen molar-refractivity contribution in [1.29, 1.82) is 5.41 Å². The fraction of sp³-hybridized carbons (Fsp3) is 0.281. The Morgan fingerprint density at radius 2 is 1.49 bits per heavy atom. The lowest BCUT2D eigenvalue weighted by Crippen LogP contribution is -2.44. The molecule has 2 amide bonds. The molecule has 226 valence electrons. The van der Waals surface area contributed by atoms with Crippen molar-refractivity contribution in [2.24, 2.45) is 16.5 Å². The first-order valence-corrected chi connectivity index (χ1v) is 13.7. The average Bonchev–Trinajstić information content (AvgIpc) is 2.94. The molecule has 0 aliphatic rings. The number of nitrogens with two attached hydrogens (primary N) is 2. The van der Waals surface area contributed by atoms with Gasteiger partial charge in [0.05, 0.1) is 0 Å². The van der Waals surface area contributed by atoms with E-state index in [1.807, 2.05) is 30.3 Å². The number of nitrogen functional groups attached to an aromatic ring is 1. The number of nitrogens with one attached hydrogen (secondary N) is 3. The van der Waals surface area contributed by atoms with Crippen LogP contribution in [0.3, 0.4) is 0 Å². The lowest BCUT2D eigenvalue weighted by atomic mass is 10.0. The smallest absolute Gasteiger partial charge is 0.408 e. The number of aliphatic carboxylic acids is 1. The number of carboxylic acid groups (broad SMARTS) is 1. The Kier molecular flexibility index (Phi) is 11.1. The Morgan fingerprint density at radius 1 is 0.860 bits per heavy atom. The number of carbonyl (C=O) groups is 3. The summed E-state index contributed by atoms with van der Waals surface area (Å²) >= 11 is 0. The standard InChI is InChI=1S/C32H38N6O5/c1-32(2,3)43-31(42)37-25(17-20-8-5-4-6-9-20)29(39)38-28(35)24-11-7-10-22(16-24)18-26(30(40)41)36-19-21-12-14-23(15-13-21)27(33)34/h4-16,25-26,36H,17-19H2,1-3H3,(H3,33,34)(H,37,42)(H,40,41)(H2,35,38,39)/t25-,26+/m1/s1. The zero-order valence-corrected chi connectivity index (χ0v) is 24.5. The molecule has 0 aliphatic carbocycles. The number of carboxylic acids is 1. The van der Waals surface area contributed by atoms with Gasteiger partial charge in [0.25, 0.3) is 5.91 Å². The molecular formula is C32H38N6O5. The van der Waals surface area contributed by atoms with Gasteiger partial charge in [-0.2, -0.15) is 4.99 Å². The van der Waals surface area contributed by atoms with Crippen LogP contribution >= 0.6 is 0 Å². The van der Waals surface area contributed by atoms with E-state index in [1.165, 1.54) is 0 Å². The van der Waals surface area contributed by atoms with Crippen molar-refractivity contribution >= 4 is 29.6 Å². The van der Waals surface area contributed by atoms with Crippen LogP contribution in [0, 0.1) is 5.41 Å². The molecule has 0 heterocycles. The molecule has 2 atom stereocenters. The maximum absolute atomic E-state index is 13.2. The summed E-state index contributed by atoms with van der Waals surface area (Å²) in [5.41, 5.74) is 14.3. The summed E-state index contributed by atoms with van der Waals surface area (Å²) in [6.45, 7) is 5.46. The van der Waals surface area contributed by atoms with Gasteiger partial charge in [-0.25, -0.2) is 4.79 Å². The van der Waals surface area contributed by atoms with Crippen LogP contribution in [0.5, 0.6) is 0 Å². The summed E-state index contributed by atoms with van der Waals surface area (Å²) in [5.74, 6) is -1.79. The Labute approximate surface area is 250 Å². The van der Waals surface area contributed by atoms with E-state index in [9.17, 15) is 19.5 Å². The van der Waals surface area contributed by atoms with Crippen LogP contribution in [0.1, 0.15) is 48.6 Å². The van der Waals surface area contributed by atoms with E-state index in [2.05, 4.69) is 15.6 Å². The number of rotatable bonds is 12. The topological polar surface area (TPSA) is 193 Å². The van der Waals surface area contributed by atoms with E-state index >= 15 is 0 Å². The number of nitrogens with zero attached hydrogens (tertiary/aromatic N) is 1. The summed E-state index contributed by atoms with van der Waals surface area (Å²) in [6.07, 6.45) is -0.425. The second-order valence-corrected chi connectivity index (χ2v) is 11.0. The van der Waals surface area contributed by atoms with Crippen LogP contribution < -0.4 is 22.1 Å². The Balaban J connectivity index is 1.73. The summed E-state index contributed by atoms with van der Waals surface area (Å²) in [7, 11) is 0. The van der Waals surface area contributed by atoms with Crippen molar-refractivity contribution < 1.29 is 24.2 Å². The molecular weight excluding hydrogens is 548 g/mol. The van der Waals surface area contributed by atoms with Gasteiger partial charge in [-0.15, -0.1) is 0 Å². The number of benzene rings is 3. The van der Waals surface area contributed by atoms with Crippen LogP contribution in [0.15, 0.2) is 83.9 Å². The van der Waals surface area contributed by atoms with Crippen LogP contribution in [0.25, 0.3) is 0 Å². The molecule has 8 N–H and O–H groups in total. The minimum atomic E-state index is -1.03. The third-order valence-corrected chi connectivity index (χ3v) is 6.28. The molecule has 0 fully saturated rings. The van der Waals surface area contributed by atoms with Crippen molar-refractivity contribution in [1.82, 2.24) is 10.6 Å². The van der Waals surface area contributed by atoms with Crippen molar-refractivity contribution in [2.45, 2.75) is 57.8 Å². The molecule has 43 heavy (non-hydrogen) atoms. The Morgan fingerprint density at radius 3 is 2.09 bits per heavy atom. The summed E-state index contributed by atoms with van der Waals surface area (Å²) in [6, 6.07) is 21.0. The zero-order valence-electron chi connectivity index (χ0n) is 24.5. The first-order chi connectivity index (χ1) is 20.3. The minimum absolute atomic E-state index is 0.0432. The second kappa shape index (κ2) is 14.7. The van der Waals surface area contributed by atoms with Crippen LogP contribution in [-0.2, 0) is 33.7 Å². The fourth-order valence-electron chi connectivity index (χ4n) is 4.14. The third kappa shape index (κ3) is 10.7. The van der Waals surface area contributed by atoms with E-state index in [1.54, 1.807) is 69.3 Å². The predicted octanol–water partition coefficient (Wildman–Crippen LogP) is 3.12. The normalized spacial score (nSPS) is 13.0. The molecule has 0 aliphatic heterocycles. The molecule has 0 spiro atoms. The van der Waals surface area contributed by atoms with Crippen LogP contribution in [-0.4, -0.2) is 52.4 Å². The molecule has 3 aromatic carbocycles. The molecule has 0 bridgehead atoms. The number of aliphatic imine (C=N–C) groups is 1. The third-order valence-electron chi connectivity index (χ3n) is 6.28. The molecule has 0 unspecified atom stereocenters. The number of alkyl carbamates (subject to hydrolysis) is 1. The summed E-state index contributed by atoms with van der Waals surface area (Å²) in [4.78, 5) is 41.8. The van der Waals surface area contributed by atoms with Gasteiger partial charge >= 0.3 is 12.1 Å². The second-order valence-electron chi connectivity index (χ2n) is 11.0. The number of amides is 2. The number of amidine groups is 2. The quantitative estimate of drug-likeness (QED) is 0.138. The lowest BCUT2D eigenvalue weighted by molar-refractivity contribution is -0.139. The average molecular weight is 587 g/mol. The van der Waals surface area contributed by atoms with E-state index in [4.69, 9.17) is 21.6 Å². The number of hydrogen-bond donors (Lipinski definition) is 6. The minimum Gasteiger partial charge on any atom is -0.480 e. The van der Waals surface area contributed by atoms with E-state index in [-0.39, 0.29) is 24.5 Å². The first-order valence-electron chi connectivity index (χ1n) is 13.7. The highest BCUT2D eigenvalue weighted by Crippen LogP contribution is 2.12. The molecule has 0 saturated heterocycles. The number of carbonyl (C=O) groups excluding carboxylic acids is 2. The summed E-state index contributed by atoms with van der Waals surface area (Å²) in [5, 5.41) is 22.9. The van der Waals surface area contributed by atoms with Gasteiger partial charge in [0.15, 0.2) is 0 Å². The number of hydrogen-bond acceptors (Lipinski definition) is 6. The van der Waals surface area contributed by atoms with Gasteiger partial charge in [-0.05, 0) is 49.9 Å². The molecule has 0 saturated carbocycles. The van der Waals surface area contributed by atoms with Gasteiger partial charge < -0.3 is 31.9 Å². The maximum Gasteiger partial charge on any atom is 0.408 e. The molecule has 3 aromatic rings. The van der Waals surface area contributed by atoms with E-state index in [0.717, 1.165) is 11.1 Å². The van der Waals surface area contributed by atoms with Crippen molar-refractivity contribution in [3.05, 3.63) is 107 Å². The van der Waals surface area contributed by atoms with Crippen molar-refractivity contribution in [3.63, 3.8) is 0 Å². The molecule has 3 rings (SSSR count). The molecule has 0 radical (unpaired) electrons. The highest BCUT2D eigenvalue weighted by Gasteiger charge is 2.25. The highest BCUT2D eigenvalue weighted by molar-refractivity contribution is 6.05. The van der Waals surface area contributed by atoms with Gasteiger partial charge in [-0.1, -0.05) is 72.8 Å². The predicted molar refractivity (Wildman–Crippen MR) is 165 cm³/mol. The molecule has 0 aromatic heterocycles. The van der Waals surface area contributed by atoms with Gasteiger partial charge in [0.2, 0.25) is 0 Å². The van der Waals surface area contributed by atoms with Crippen molar-refractivity contribution in [3.8, 4) is 0 Å². The van der Waals surface area contributed by atoms with Gasteiger partial charge in [0.1, 0.15) is 29.4 Å². The largest absolute Gasteiger partial charge is 0.480 e. The van der Waals surface area contributed by atoms with Gasteiger partial charge in [0, 0.05) is 24.1 Å². The fourth-order valence-corrected chi connectivity index (χ4v) is 4.14. The van der Waals surface area contributed by atoms with Crippen LogP contribution in [0.2, 0.25) is 0 Å². The Bertz CT molecular complexity index is 1470. The highest BCUT2D eigenvalue weighted by atomic mass is 16.6. The lowest BCUT2D eigenvalue weighted by Gasteiger charge is -2.22. The Hall–Kier alpha value is -5.03. The zero-order chi connectivity index (χ0) is 31.6. The van der Waals surface area contributed by atoms with E-state index in [0.29, 0.717) is 23.2 Å². The first kappa shape index (κ1) is 32.5.